The van der Waals surface area contributed by atoms with Gasteiger partial charge in [0, 0.05) is 23.2 Å². The lowest BCUT2D eigenvalue weighted by molar-refractivity contribution is 0.560. The number of benzene rings is 2. The average Bonchev–Trinajstić information content (AvgIpc) is 3.09. The number of hydrogen-bond acceptors (Lipinski definition) is 5. The minimum absolute atomic E-state index is 0.283. The molecule has 29 heavy (non-hydrogen) atoms. The van der Waals surface area contributed by atoms with E-state index in [1.54, 1.807) is 29.2 Å². The van der Waals surface area contributed by atoms with Crippen molar-refractivity contribution in [3.8, 4) is 0 Å². The zero-order chi connectivity index (χ0) is 20.4. The molecule has 4 aromatic rings. The Kier molecular flexibility index (Phi) is 5.05. The monoisotopic (exact) mass is 409 g/mol. The molecule has 0 amide bonds. The van der Waals surface area contributed by atoms with Gasteiger partial charge in [0.1, 0.15) is 17.7 Å². The van der Waals surface area contributed by atoms with Crippen LogP contribution in [0.25, 0.3) is 11.0 Å². The molecule has 0 bridgehead atoms. The molecule has 2 heterocycles. The molecule has 2 aromatic heterocycles. The van der Waals surface area contributed by atoms with E-state index in [4.69, 9.17) is 16.6 Å². The molecule has 0 aliphatic heterocycles. The van der Waals surface area contributed by atoms with Crippen LogP contribution in [0, 0.1) is 12.7 Å². The summed E-state index contributed by atoms with van der Waals surface area (Å²) in [4.78, 5) is 15.7. The summed E-state index contributed by atoms with van der Waals surface area (Å²) in [7, 11) is 0. The highest BCUT2D eigenvalue weighted by Gasteiger charge is 2.07. The predicted molar refractivity (Wildman–Crippen MR) is 113 cm³/mol. The van der Waals surface area contributed by atoms with Crippen LogP contribution in [0.4, 0.5) is 16.0 Å². The summed E-state index contributed by atoms with van der Waals surface area (Å²) in [6.45, 7) is 2.31. The van der Waals surface area contributed by atoms with E-state index >= 15 is 0 Å². The van der Waals surface area contributed by atoms with Gasteiger partial charge in [0.05, 0.1) is 6.54 Å². The van der Waals surface area contributed by atoms with Crippen molar-refractivity contribution in [2.75, 3.05) is 10.6 Å². The summed E-state index contributed by atoms with van der Waals surface area (Å²) in [5.74, 6) is 0.0435. The summed E-state index contributed by atoms with van der Waals surface area (Å²) < 4.78 is 19.8. The van der Waals surface area contributed by atoms with E-state index in [1.807, 2.05) is 19.1 Å². The van der Waals surface area contributed by atoms with E-state index < -0.39 is 5.63 Å². The van der Waals surface area contributed by atoms with Crippen LogP contribution in [-0.4, -0.2) is 19.9 Å². The Morgan fingerprint density at radius 2 is 1.97 bits per heavy atom. The second kappa shape index (κ2) is 7.80. The SMILES string of the molecule is Cc1cc(=O)oc2cc(NC(=S)Nc3ncn(Cc4ccc(F)cc4)n3)ccc12. The maximum atomic E-state index is 13.0. The van der Waals surface area contributed by atoms with Crippen LogP contribution in [0.2, 0.25) is 0 Å². The normalized spacial score (nSPS) is 10.8. The number of halogens is 1. The first-order valence-electron chi connectivity index (χ1n) is 8.73. The van der Waals surface area contributed by atoms with Crippen LogP contribution in [0.15, 0.2) is 64.1 Å². The Morgan fingerprint density at radius 1 is 1.17 bits per heavy atom. The number of aryl methyl sites for hydroxylation is 1. The van der Waals surface area contributed by atoms with E-state index in [-0.39, 0.29) is 5.82 Å². The lowest BCUT2D eigenvalue weighted by Gasteiger charge is -2.09. The average molecular weight is 409 g/mol. The third-order valence-corrected chi connectivity index (χ3v) is 4.43. The van der Waals surface area contributed by atoms with Gasteiger partial charge in [0.15, 0.2) is 5.11 Å². The van der Waals surface area contributed by atoms with E-state index in [0.717, 1.165) is 16.5 Å². The number of nitrogens with one attached hydrogen (secondary N) is 2. The molecule has 4 rings (SSSR count). The van der Waals surface area contributed by atoms with Crippen LogP contribution in [0.5, 0.6) is 0 Å². The molecule has 2 N–H and O–H groups in total. The summed E-state index contributed by atoms with van der Waals surface area (Å²) in [5.41, 5.74) is 2.48. The highest BCUT2D eigenvalue weighted by molar-refractivity contribution is 7.80. The molecule has 0 aliphatic carbocycles. The summed E-state index contributed by atoms with van der Waals surface area (Å²) in [5, 5.41) is 11.4. The molecule has 0 radical (unpaired) electrons. The number of fused-ring (bicyclic) bond motifs is 1. The fourth-order valence-corrected chi connectivity index (χ4v) is 3.08. The van der Waals surface area contributed by atoms with Crippen molar-refractivity contribution in [3.63, 3.8) is 0 Å². The van der Waals surface area contributed by atoms with Crippen LogP contribution in [0.1, 0.15) is 11.1 Å². The molecule has 0 saturated heterocycles. The minimum atomic E-state index is -0.399. The van der Waals surface area contributed by atoms with Crippen molar-refractivity contribution in [1.29, 1.82) is 0 Å². The largest absolute Gasteiger partial charge is 0.423 e. The highest BCUT2D eigenvalue weighted by atomic mass is 32.1. The first kappa shape index (κ1) is 18.8. The molecule has 0 aliphatic rings. The van der Waals surface area contributed by atoms with E-state index in [9.17, 15) is 9.18 Å². The van der Waals surface area contributed by atoms with E-state index in [1.165, 1.54) is 18.2 Å². The van der Waals surface area contributed by atoms with Gasteiger partial charge in [-0.25, -0.2) is 18.9 Å². The zero-order valence-corrected chi connectivity index (χ0v) is 16.2. The standard InChI is InChI=1S/C20H16FN5O2S/c1-12-8-18(27)28-17-9-15(6-7-16(12)17)23-20(29)24-19-22-11-26(25-19)10-13-2-4-14(21)5-3-13/h2-9,11H,10H2,1H3,(H2,23,24,25,29). The van der Waals surface area contributed by atoms with Gasteiger partial charge in [-0.05, 0) is 54.5 Å². The van der Waals surface area contributed by atoms with Crippen molar-refractivity contribution in [1.82, 2.24) is 14.8 Å². The fraction of sp³-hybridized carbons (Fsp3) is 0.100. The predicted octanol–water partition coefficient (Wildman–Crippen LogP) is 3.69. The third-order valence-electron chi connectivity index (χ3n) is 4.23. The van der Waals surface area contributed by atoms with E-state index in [2.05, 4.69) is 20.7 Å². The van der Waals surface area contributed by atoms with Crippen molar-refractivity contribution in [3.05, 3.63) is 82.2 Å². The topological polar surface area (TPSA) is 85.0 Å². The Labute approximate surface area is 170 Å². The lowest BCUT2D eigenvalue weighted by Crippen LogP contribution is -2.20. The first-order valence-corrected chi connectivity index (χ1v) is 9.13. The van der Waals surface area contributed by atoms with Gasteiger partial charge in [0.25, 0.3) is 0 Å². The van der Waals surface area contributed by atoms with Crippen molar-refractivity contribution >= 4 is 39.9 Å². The number of nitrogens with zero attached hydrogens (tertiary/aromatic N) is 3. The van der Waals surface area contributed by atoms with Gasteiger partial charge in [-0.1, -0.05) is 12.1 Å². The second-order valence-electron chi connectivity index (χ2n) is 6.43. The number of anilines is 2. The number of aromatic nitrogens is 3. The smallest absolute Gasteiger partial charge is 0.336 e. The van der Waals surface area contributed by atoms with E-state index in [0.29, 0.717) is 28.9 Å². The van der Waals surface area contributed by atoms with Crippen molar-refractivity contribution in [2.45, 2.75) is 13.5 Å². The molecule has 146 valence electrons. The molecule has 0 unspecified atom stereocenters. The van der Waals surface area contributed by atoms with Gasteiger partial charge >= 0.3 is 5.63 Å². The van der Waals surface area contributed by atoms with Gasteiger partial charge in [-0.15, -0.1) is 5.10 Å². The Morgan fingerprint density at radius 3 is 2.76 bits per heavy atom. The van der Waals surface area contributed by atoms with Crippen LogP contribution >= 0.6 is 12.2 Å². The summed E-state index contributed by atoms with van der Waals surface area (Å²) >= 11 is 5.30. The Balaban J connectivity index is 1.42. The summed E-state index contributed by atoms with van der Waals surface area (Å²) in [6, 6.07) is 13.0. The molecule has 2 aromatic carbocycles. The molecule has 0 fully saturated rings. The van der Waals surface area contributed by atoms with Gasteiger partial charge in [-0.2, -0.15) is 0 Å². The molecule has 0 saturated carbocycles. The van der Waals surface area contributed by atoms with Gasteiger partial charge in [0.2, 0.25) is 5.95 Å². The molecular weight excluding hydrogens is 393 g/mol. The maximum absolute atomic E-state index is 13.0. The number of hydrogen-bond donors (Lipinski definition) is 2. The van der Waals surface area contributed by atoms with Gasteiger partial charge in [-0.3, -0.25) is 5.32 Å². The molecule has 0 spiro atoms. The fourth-order valence-electron chi connectivity index (χ4n) is 2.87. The lowest BCUT2D eigenvalue weighted by atomic mass is 10.1. The second-order valence-corrected chi connectivity index (χ2v) is 6.84. The molecule has 7 nitrogen and oxygen atoms in total. The number of rotatable bonds is 4. The maximum Gasteiger partial charge on any atom is 0.336 e. The minimum Gasteiger partial charge on any atom is -0.423 e. The Hall–Kier alpha value is -3.59. The van der Waals surface area contributed by atoms with Crippen LogP contribution < -0.4 is 16.3 Å². The van der Waals surface area contributed by atoms with Gasteiger partial charge < -0.3 is 9.73 Å². The van der Waals surface area contributed by atoms with Crippen LogP contribution in [0.3, 0.4) is 0 Å². The Bertz CT molecular complexity index is 1250. The highest BCUT2D eigenvalue weighted by Crippen LogP contribution is 2.20. The molecular formula is C20H16FN5O2S. The van der Waals surface area contributed by atoms with Crippen LogP contribution in [-0.2, 0) is 6.54 Å². The third kappa shape index (κ3) is 4.46. The zero-order valence-electron chi connectivity index (χ0n) is 15.3. The van der Waals surface area contributed by atoms with Crippen molar-refractivity contribution < 1.29 is 8.81 Å². The quantitative estimate of drug-likeness (QED) is 0.393. The molecule has 9 heteroatoms. The summed E-state index contributed by atoms with van der Waals surface area (Å²) in [6.07, 6.45) is 1.56. The van der Waals surface area contributed by atoms with Crippen molar-refractivity contribution in [2.24, 2.45) is 0 Å². The molecule has 0 atom stereocenters. The first-order chi connectivity index (χ1) is 14.0. The number of thiocarbonyl (C=S) groups is 1.